The molecule has 1 saturated heterocycles. The lowest BCUT2D eigenvalue weighted by Crippen LogP contribution is -2.61. The summed E-state index contributed by atoms with van der Waals surface area (Å²) in [4.78, 5) is 46.6. The lowest BCUT2D eigenvalue weighted by Gasteiger charge is -2.39. The second-order valence-corrected chi connectivity index (χ2v) is 12.7. The Morgan fingerprint density at radius 3 is 2.17 bits per heavy atom. The summed E-state index contributed by atoms with van der Waals surface area (Å²) in [7, 11) is 4.22. The Bertz CT molecular complexity index is 821. The van der Waals surface area contributed by atoms with Crippen LogP contribution in [0.25, 0.3) is 0 Å². The molecular formula is C25H45N4O5P. The third-order valence-corrected chi connectivity index (χ3v) is 7.40. The molecule has 1 aliphatic heterocycles. The van der Waals surface area contributed by atoms with Crippen LogP contribution in [-0.2, 0) is 19.2 Å². The summed E-state index contributed by atoms with van der Waals surface area (Å²) >= 11 is 0. The molecule has 1 heterocycles. The number of β-amino-alcohol motifs (C(OH)–C–C–N with tert-alkyl or cyclic N) is 1. The summed E-state index contributed by atoms with van der Waals surface area (Å²) in [6, 6.07) is -1.70. The molecule has 1 fully saturated rings. The van der Waals surface area contributed by atoms with Gasteiger partial charge in [0.2, 0.25) is 11.8 Å². The molecule has 0 aromatic heterocycles. The Morgan fingerprint density at radius 1 is 1.20 bits per heavy atom. The number of rotatable bonds is 10. The van der Waals surface area contributed by atoms with Crippen LogP contribution in [0.1, 0.15) is 55.4 Å². The number of hydroxylamine groups is 2. The van der Waals surface area contributed by atoms with Gasteiger partial charge in [-0.25, -0.2) is 5.06 Å². The summed E-state index contributed by atoms with van der Waals surface area (Å²) in [5, 5.41) is 16.4. The van der Waals surface area contributed by atoms with Crippen molar-refractivity contribution in [3.05, 3.63) is 11.6 Å². The number of aliphatic hydroxyl groups is 1. The van der Waals surface area contributed by atoms with E-state index in [1.54, 1.807) is 32.0 Å². The minimum Gasteiger partial charge on any atom is -0.389 e. The maximum Gasteiger partial charge on any atom is 0.272 e. The molecule has 0 radical (unpaired) electrons. The van der Waals surface area contributed by atoms with Crippen molar-refractivity contribution in [2.45, 2.75) is 84.8 Å². The van der Waals surface area contributed by atoms with E-state index >= 15 is 0 Å². The van der Waals surface area contributed by atoms with Crippen LogP contribution in [0.3, 0.4) is 0 Å². The molecule has 1 aliphatic rings. The van der Waals surface area contributed by atoms with Crippen LogP contribution >= 0.6 is 8.20 Å². The Balaban J connectivity index is 3.20. The van der Waals surface area contributed by atoms with Crippen LogP contribution in [-0.4, -0.2) is 95.7 Å². The minimum atomic E-state index is -0.782. The fourth-order valence-electron chi connectivity index (χ4n) is 4.01. The van der Waals surface area contributed by atoms with E-state index in [0.29, 0.717) is 5.57 Å². The van der Waals surface area contributed by atoms with E-state index in [1.165, 1.54) is 0 Å². The SMILES string of the molecule is C=PC(C)(C)C(NC)C(=O)NC(C(=O)N(C)C(/C=C(\C)C(=O)N1CC(O)CO1)C(C)C)C(C)(C)C. The van der Waals surface area contributed by atoms with Crippen LogP contribution in [0.4, 0.5) is 0 Å². The van der Waals surface area contributed by atoms with Crippen molar-refractivity contribution < 1.29 is 24.3 Å². The zero-order valence-corrected chi connectivity index (χ0v) is 23.9. The van der Waals surface area contributed by atoms with E-state index in [-0.39, 0.29) is 36.8 Å². The number of hydrogen-bond donors (Lipinski definition) is 3. The average molecular weight is 513 g/mol. The molecule has 0 aromatic rings. The molecule has 0 aromatic carbocycles. The first-order chi connectivity index (χ1) is 16.0. The molecule has 3 amide bonds. The van der Waals surface area contributed by atoms with Crippen molar-refractivity contribution in [1.82, 2.24) is 20.6 Å². The number of likely N-dealkylation sites (N-methyl/N-ethyl adjacent to an activating group) is 2. The monoisotopic (exact) mass is 512 g/mol. The molecule has 35 heavy (non-hydrogen) atoms. The summed E-state index contributed by atoms with van der Waals surface area (Å²) < 4.78 is 0. The Hall–Kier alpha value is -1.80. The third-order valence-electron chi connectivity index (χ3n) is 6.33. The number of nitrogens with zero attached hydrogens (tertiary/aromatic N) is 2. The molecule has 1 rings (SSSR count). The predicted octanol–water partition coefficient (Wildman–Crippen LogP) is 1.83. The molecule has 3 N–H and O–H groups in total. The van der Waals surface area contributed by atoms with Gasteiger partial charge in [-0.3, -0.25) is 19.2 Å². The van der Waals surface area contributed by atoms with Gasteiger partial charge in [0.1, 0.15) is 18.8 Å². The fourth-order valence-corrected chi connectivity index (χ4v) is 4.44. The lowest BCUT2D eigenvalue weighted by atomic mass is 9.84. The van der Waals surface area contributed by atoms with Crippen LogP contribution < -0.4 is 10.6 Å². The van der Waals surface area contributed by atoms with Gasteiger partial charge in [0.05, 0.1) is 18.6 Å². The van der Waals surface area contributed by atoms with Gasteiger partial charge in [0.15, 0.2) is 0 Å². The number of nitrogens with one attached hydrogen (secondary N) is 2. The summed E-state index contributed by atoms with van der Waals surface area (Å²) in [5.74, 6) is -0.848. The Kier molecular flexibility index (Phi) is 11.1. The van der Waals surface area contributed by atoms with Crippen molar-refractivity contribution in [3.8, 4) is 0 Å². The molecule has 9 nitrogen and oxygen atoms in total. The molecule has 10 heteroatoms. The molecule has 200 valence electrons. The third kappa shape index (κ3) is 8.10. The van der Waals surface area contributed by atoms with E-state index in [0.717, 1.165) is 13.3 Å². The van der Waals surface area contributed by atoms with E-state index in [2.05, 4.69) is 16.9 Å². The maximum absolute atomic E-state index is 13.7. The molecule has 0 bridgehead atoms. The molecular weight excluding hydrogens is 467 g/mol. The van der Waals surface area contributed by atoms with Gasteiger partial charge < -0.3 is 20.6 Å². The van der Waals surface area contributed by atoms with E-state index in [1.807, 2.05) is 48.5 Å². The quantitative estimate of drug-likeness (QED) is 0.304. The lowest BCUT2D eigenvalue weighted by molar-refractivity contribution is -0.164. The minimum absolute atomic E-state index is 0.00191. The summed E-state index contributed by atoms with van der Waals surface area (Å²) in [6.45, 7) is 15.4. The number of hydrogen-bond acceptors (Lipinski definition) is 6. The first-order valence-corrected chi connectivity index (χ1v) is 13.1. The fraction of sp³-hybridized carbons (Fsp3) is 0.760. The number of carbonyl (C=O) groups is 3. The van der Waals surface area contributed by atoms with Gasteiger partial charge in [-0.15, -0.1) is 8.20 Å². The van der Waals surface area contributed by atoms with Gasteiger partial charge >= 0.3 is 0 Å². The highest BCUT2D eigenvalue weighted by Gasteiger charge is 2.40. The number of aliphatic hydroxyl groups excluding tert-OH is 1. The highest BCUT2D eigenvalue weighted by molar-refractivity contribution is 7.38. The summed E-state index contributed by atoms with van der Waals surface area (Å²) in [6.07, 6.45) is 4.98. The van der Waals surface area contributed by atoms with Crippen LogP contribution in [0.15, 0.2) is 11.6 Å². The van der Waals surface area contributed by atoms with Crippen molar-refractivity contribution in [3.63, 3.8) is 0 Å². The predicted molar refractivity (Wildman–Crippen MR) is 141 cm³/mol. The van der Waals surface area contributed by atoms with E-state index < -0.39 is 34.8 Å². The van der Waals surface area contributed by atoms with Crippen molar-refractivity contribution in [2.75, 3.05) is 27.2 Å². The first kappa shape index (κ1) is 31.2. The van der Waals surface area contributed by atoms with Crippen LogP contribution in [0, 0.1) is 11.3 Å². The van der Waals surface area contributed by atoms with Gasteiger partial charge in [0, 0.05) is 17.8 Å². The molecule has 0 aliphatic carbocycles. The second-order valence-electron chi connectivity index (χ2n) is 11.2. The standard InChI is InChI=1S/C25H45N4O5P/c1-15(2)18(12-16(3)22(32)29-13-17(30)14-34-29)28(10)23(33)20(24(4,5)6)27-21(31)19(26-9)25(7,8)35-11/h12,15,17-20,26,30H,11,13-14H2,1-10H3,(H,27,31)/b16-12+. The maximum atomic E-state index is 13.7. The smallest absolute Gasteiger partial charge is 0.272 e. The molecule has 4 unspecified atom stereocenters. The number of amides is 3. The zero-order valence-electron chi connectivity index (χ0n) is 23.0. The Labute approximate surface area is 212 Å². The van der Waals surface area contributed by atoms with E-state index in [9.17, 15) is 19.5 Å². The van der Waals surface area contributed by atoms with Crippen LogP contribution in [0.2, 0.25) is 0 Å². The van der Waals surface area contributed by atoms with Gasteiger partial charge in [0.25, 0.3) is 5.91 Å². The van der Waals surface area contributed by atoms with Gasteiger partial charge in [-0.2, -0.15) is 0 Å². The van der Waals surface area contributed by atoms with Crippen LogP contribution in [0.5, 0.6) is 0 Å². The highest BCUT2D eigenvalue weighted by atomic mass is 31.1. The van der Waals surface area contributed by atoms with E-state index in [4.69, 9.17) is 4.84 Å². The topological polar surface area (TPSA) is 111 Å². The zero-order chi connectivity index (χ0) is 27.3. The average Bonchev–Trinajstić information content (AvgIpc) is 3.19. The molecule has 0 spiro atoms. The van der Waals surface area contributed by atoms with Gasteiger partial charge in [-0.05, 0) is 25.3 Å². The highest BCUT2D eigenvalue weighted by Crippen LogP contribution is 2.28. The summed E-state index contributed by atoms with van der Waals surface area (Å²) in [5.41, 5.74) is -0.137. The van der Waals surface area contributed by atoms with Crippen molar-refractivity contribution in [1.29, 1.82) is 0 Å². The largest absolute Gasteiger partial charge is 0.389 e. The van der Waals surface area contributed by atoms with Crippen molar-refractivity contribution >= 4 is 32.2 Å². The molecule has 0 saturated carbocycles. The molecule has 4 atom stereocenters. The second kappa shape index (κ2) is 12.4. The first-order valence-electron chi connectivity index (χ1n) is 12.0. The normalized spacial score (nSPS) is 20.1. The van der Waals surface area contributed by atoms with Crippen molar-refractivity contribution in [2.24, 2.45) is 11.3 Å². The number of carbonyl (C=O) groups excluding carboxylic acids is 3. The van der Waals surface area contributed by atoms with Gasteiger partial charge in [-0.1, -0.05) is 60.8 Å². The Morgan fingerprint density at radius 2 is 1.77 bits per heavy atom.